The lowest BCUT2D eigenvalue weighted by Crippen LogP contribution is -2.52. The van der Waals surface area contributed by atoms with Crippen LogP contribution in [0.25, 0.3) is 0 Å². The molecule has 138 valence electrons. The number of benzene rings is 1. The molecule has 1 fully saturated rings. The van der Waals surface area contributed by atoms with E-state index in [2.05, 4.69) is 40.8 Å². The number of hydrogen-bond donors (Lipinski definition) is 0. The Kier molecular flexibility index (Phi) is 6.50. The topological polar surface area (TPSA) is 49.3 Å². The maximum Gasteiger partial charge on any atom is 0.236 e. The maximum atomic E-state index is 13.1. The summed E-state index contributed by atoms with van der Waals surface area (Å²) < 4.78 is 0. The van der Waals surface area contributed by atoms with Crippen molar-refractivity contribution in [3.63, 3.8) is 0 Å². The Labute approximate surface area is 159 Å². The molecule has 0 saturated carbocycles. The van der Waals surface area contributed by atoms with Gasteiger partial charge in [-0.05, 0) is 17.5 Å². The molecule has 0 spiro atoms. The number of rotatable bonds is 6. The molecular weight excluding hydrogens is 344 g/mol. The largest absolute Gasteiger partial charge is 0.338 e. The molecule has 5 nitrogen and oxygen atoms in total. The van der Waals surface area contributed by atoms with Gasteiger partial charge in [-0.2, -0.15) is 0 Å². The zero-order valence-electron chi connectivity index (χ0n) is 15.4. The fraction of sp³-hybridized carbons (Fsp3) is 0.450. The highest BCUT2D eigenvalue weighted by atomic mass is 32.2. The van der Waals surface area contributed by atoms with E-state index in [4.69, 9.17) is 0 Å². The summed E-state index contributed by atoms with van der Waals surface area (Å²) in [4.78, 5) is 25.8. The lowest BCUT2D eigenvalue weighted by atomic mass is 10.1. The maximum absolute atomic E-state index is 13.1. The molecule has 0 aliphatic carbocycles. The molecule has 1 aromatic carbocycles. The minimum atomic E-state index is -0.00488. The van der Waals surface area contributed by atoms with E-state index in [1.54, 1.807) is 24.2 Å². The summed E-state index contributed by atoms with van der Waals surface area (Å²) in [6, 6.07) is 12.2. The third-order valence-electron chi connectivity index (χ3n) is 4.55. The predicted octanol–water partition coefficient (Wildman–Crippen LogP) is 3.08. The Morgan fingerprint density at radius 2 is 1.69 bits per heavy atom. The number of aromatic nitrogens is 2. The number of thioether (sulfide) groups is 1. The zero-order valence-corrected chi connectivity index (χ0v) is 16.2. The van der Waals surface area contributed by atoms with Gasteiger partial charge in [-0.15, -0.1) is 11.8 Å². The quantitative estimate of drug-likeness (QED) is 0.782. The summed E-state index contributed by atoms with van der Waals surface area (Å²) in [5, 5.41) is -0.00488. The molecule has 0 N–H and O–H groups in total. The third-order valence-corrected chi connectivity index (χ3v) is 6.15. The first kappa shape index (κ1) is 18.7. The molecule has 1 amide bonds. The number of carbonyl (C=O) groups excluding carboxylic acids is 1. The minimum absolute atomic E-state index is 0.00488. The SMILES string of the molecule is CC(C)C(SCc1ccccc1)C(=O)N1CCN(c2ncccn2)CC1. The third kappa shape index (κ3) is 4.75. The molecule has 1 aromatic heterocycles. The average molecular weight is 371 g/mol. The van der Waals surface area contributed by atoms with Crippen LogP contribution in [0.5, 0.6) is 0 Å². The Bertz CT molecular complexity index is 687. The number of carbonyl (C=O) groups is 1. The highest BCUT2D eigenvalue weighted by molar-refractivity contribution is 7.99. The minimum Gasteiger partial charge on any atom is -0.338 e. The first-order valence-corrected chi connectivity index (χ1v) is 10.2. The number of amides is 1. The molecule has 1 unspecified atom stereocenters. The number of piperazine rings is 1. The van der Waals surface area contributed by atoms with Gasteiger partial charge in [0.25, 0.3) is 0 Å². The van der Waals surface area contributed by atoms with Crippen molar-refractivity contribution < 1.29 is 4.79 Å². The van der Waals surface area contributed by atoms with E-state index in [1.807, 2.05) is 29.2 Å². The van der Waals surface area contributed by atoms with E-state index in [-0.39, 0.29) is 11.2 Å². The Balaban J connectivity index is 1.56. The van der Waals surface area contributed by atoms with Crippen LogP contribution >= 0.6 is 11.8 Å². The van der Waals surface area contributed by atoms with Crippen molar-refractivity contribution in [1.29, 1.82) is 0 Å². The van der Waals surface area contributed by atoms with Gasteiger partial charge in [0.05, 0.1) is 5.25 Å². The zero-order chi connectivity index (χ0) is 18.4. The lowest BCUT2D eigenvalue weighted by Gasteiger charge is -2.37. The van der Waals surface area contributed by atoms with Gasteiger partial charge in [0.1, 0.15) is 0 Å². The van der Waals surface area contributed by atoms with E-state index in [1.165, 1.54) is 5.56 Å². The molecule has 26 heavy (non-hydrogen) atoms. The van der Waals surface area contributed by atoms with Crippen molar-refractivity contribution >= 4 is 23.6 Å². The van der Waals surface area contributed by atoms with Crippen LogP contribution in [0, 0.1) is 5.92 Å². The van der Waals surface area contributed by atoms with Gasteiger partial charge in [-0.25, -0.2) is 9.97 Å². The summed E-state index contributed by atoms with van der Waals surface area (Å²) in [5.74, 6) is 2.19. The van der Waals surface area contributed by atoms with Gasteiger partial charge in [0, 0.05) is 44.3 Å². The van der Waals surface area contributed by atoms with Gasteiger partial charge >= 0.3 is 0 Å². The number of anilines is 1. The molecule has 0 radical (unpaired) electrons. The lowest BCUT2D eigenvalue weighted by molar-refractivity contribution is -0.131. The van der Waals surface area contributed by atoms with Crippen molar-refractivity contribution in [2.45, 2.75) is 24.9 Å². The standard InChI is InChI=1S/C20H26N4OS/c1-16(2)18(26-15-17-7-4-3-5-8-17)19(25)23-11-13-24(14-12-23)20-21-9-6-10-22-20/h3-10,16,18H,11-15H2,1-2H3. The van der Waals surface area contributed by atoms with E-state index < -0.39 is 0 Å². The monoisotopic (exact) mass is 370 g/mol. The highest BCUT2D eigenvalue weighted by Gasteiger charge is 2.30. The molecule has 3 rings (SSSR count). The Morgan fingerprint density at radius 1 is 1.04 bits per heavy atom. The predicted molar refractivity (Wildman–Crippen MR) is 107 cm³/mol. The summed E-state index contributed by atoms with van der Waals surface area (Å²) in [6.07, 6.45) is 3.52. The van der Waals surface area contributed by atoms with E-state index in [0.717, 1.165) is 37.9 Å². The molecular formula is C20H26N4OS. The van der Waals surface area contributed by atoms with E-state index >= 15 is 0 Å². The fourth-order valence-corrected chi connectivity index (χ4v) is 4.31. The molecule has 1 saturated heterocycles. The van der Waals surface area contributed by atoms with Crippen LogP contribution in [0.2, 0.25) is 0 Å². The van der Waals surface area contributed by atoms with E-state index in [0.29, 0.717) is 5.92 Å². The van der Waals surface area contributed by atoms with Gasteiger partial charge in [-0.3, -0.25) is 4.79 Å². The van der Waals surface area contributed by atoms with Crippen LogP contribution in [0.1, 0.15) is 19.4 Å². The van der Waals surface area contributed by atoms with Crippen molar-refractivity contribution in [3.8, 4) is 0 Å². The number of nitrogens with zero attached hydrogens (tertiary/aromatic N) is 4. The molecule has 1 atom stereocenters. The van der Waals surface area contributed by atoms with Crippen molar-refractivity contribution in [2.75, 3.05) is 31.1 Å². The molecule has 0 bridgehead atoms. The summed E-state index contributed by atoms with van der Waals surface area (Å²) in [7, 11) is 0. The van der Waals surface area contributed by atoms with Crippen LogP contribution in [0.4, 0.5) is 5.95 Å². The van der Waals surface area contributed by atoms with Gasteiger partial charge in [0.15, 0.2) is 0 Å². The summed E-state index contributed by atoms with van der Waals surface area (Å²) in [5.41, 5.74) is 1.27. The van der Waals surface area contributed by atoms with Crippen LogP contribution in [0.3, 0.4) is 0 Å². The number of hydrogen-bond acceptors (Lipinski definition) is 5. The first-order valence-electron chi connectivity index (χ1n) is 9.11. The van der Waals surface area contributed by atoms with E-state index in [9.17, 15) is 4.79 Å². The van der Waals surface area contributed by atoms with Crippen LogP contribution in [-0.2, 0) is 10.5 Å². The van der Waals surface area contributed by atoms with Crippen molar-refractivity contribution in [1.82, 2.24) is 14.9 Å². The van der Waals surface area contributed by atoms with Crippen molar-refractivity contribution in [2.24, 2.45) is 5.92 Å². The fourth-order valence-electron chi connectivity index (χ4n) is 3.07. The normalized spacial score (nSPS) is 16.0. The average Bonchev–Trinajstić information content (AvgIpc) is 2.69. The second kappa shape index (κ2) is 9.03. The second-order valence-electron chi connectivity index (χ2n) is 6.82. The first-order chi connectivity index (χ1) is 12.6. The van der Waals surface area contributed by atoms with Crippen LogP contribution in [0.15, 0.2) is 48.8 Å². The highest BCUT2D eigenvalue weighted by Crippen LogP contribution is 2.26. The Hall–Kier alpha value is -2.08. The Morgan fingerprint density at radius 3 is 2.31 bits per heavy atom. The van der Waals surface area contributed by atoms with Gasteiger partial charge in [-0.1, -0.05) is 44.2 Å². The van der Waals surface area contributed by atoms with Crippen LogP contribution in [-0.4, -0.2) is 52.2 Å². The molecule has 2 heterocycles. The summed E-state index contributed by atoms with van der Waals surface area (Å²) >= 11 is 1.75. The summed E-state index contributed by atoms with van der Waals surface area (Å²) in [6.45, 7) is 7.29. The van der Waals surface area contributed by atoms with Gasteiger partial charge in [0.2, 0.25) is 11.9 Å². The smallest absolute Gasteiger partial charge is 0.236 e. The van der Waals surface area contributed by atoms with Crippen LogP contribution < -0.4 is 4.90 Å². The molecule has 2 aromatic rings. The molecule has 1 aliphatic heterocycles. The molecule has 1 aliphatic rings. The second-order valence-corrected chi connectivity index (χ2v) is 7.95. The molecule has 6 heteroatoms. The van der Waals surface area contributed by atoms with Gasteiger partial charge < -0.3 is 9.80 Å². The van der Waals surface area contributed by atoms with Crippen molar-refractivity contribution in [3.05, 3.63) is 54.4 Å².